The minimum absolute atomic E-state index is 0.0458. The molecule has 0 saturated carbocycles. The number of amides is 1. The molecule has 1 aromatic heterocycles. The van der Waals surface area contributed by atoms with E-state index in [2.05, 4.69) is 10.2 Å². The lowest BCUT2D eigenvalue weighted by molar-refractivity contribution is -0.143. The van der Waals surface area contributed by atoms with Gasteiger partial charge in [-0.1, -0.05) is 6.07 Å². The van der Waals surface area contributed by atoms with Crippen molar-refractivity contribution in [2.45, 2.75) is 32.5 Å². The highest BCUT2D eigenvalue weighted by Gasteiger charge is 2.36. The normalized spacial score (nSPS) is 19.8. The van der Waals surface area contributed by atoms with E-state index < -0.39 is 5.60 Å². The van der Waals surface area contributed by atoms with E-state index in [-0.39, 0.29) is 12.0 Å². The third kappa shape index (κ3) is 4.05. The van der Waals surface area contributed by atoms with Crippen LogP contribution in [0.2, 0.25) is 0 Å². The van der Waals surface area contributed by atoms with Crippen LogP contribution in [0.5, 0.6) is 0 Å². The predicted octanol–water partition coefficient (Wildman–Crippen LogP) is 2.31. The minimum atomic E-state index is -0.418. The Morgan fingerprint density at radius 1 is 1.40 bits per heavy atom. The van der Waals surface area contributed by atoms with Gasteiger partial charge in [0.1, 0.15) is 0 Å². The van der Waals surface area contributed by atoms with Gasteiger partial charge in [-0.05, 0) is 32.0 Å². The summed E-state index contributed by atoms with van der Waals surface area (Å²) in [5.41, 5.74) is 0.896. The van der Waals surface area contributed by atoms with Gasteiger partial charge in [0.05, 0.1) is 18.3 Å². The zero-order valence-electron chi connectivity index (χ0n) is 15.0. The first-order valence-corrected chi connectivity index (χ1v) is 8.24. The molecule has 1 aliphatic rings. The quantitative estimate of drug-likeness (QED) is 0.846. The minimum Gasteiger partial charge on any atom is -0.421 e. The molecular formula is C18H23N3O4. The Bertz CT molecular complexity index is 756. The van der Waals surface area contributed by atoms with Crippen LogP contribution < -0.4 is 0 Å². The molecule has 1 fully saturated rings. The van der Waals surface area contributed by atoms with E-state index in [0.717, 1.165) is 5.56 Å². The molecular weight excluding hydrogens is 322 g/mol. The molecule has 0 aliphatic carbocycles. The number of aromatic nitrogens is 2. The fourth-order valence-corrected chi connectivity index (χ4v) is 3.10. The van der Waals surface area contributed by atoms with Gasteiger partial charge in [-0.25, -0.2) is 0 Å². The Labute approximate surface area is 146 Å². The summed E-state index contributed by atoms with van der Waals surface area (Å²) in [7, 11) is 1.63. The van der Waals surface area contributed by atoms with Crippen molar-refractivity contribution >= 4 is 5.91 Å². The predicted molar refractivity (Wildman–Crippen MR) is 91.2 cm³/mol. The van der Waals surface area contributed by atoms with E-state index in [4.69, 9.17) is 13.9 Å². The smallest absolute Gasteiger partial charge is 0.254 e. The molecule has 0 N–H and O–H groups in total. The van der Waals surface area contributed by atoms with Gasteiger partial charge in [0.15, 0.2) is 0 Å². The lowest BCUT2D eigenvalue weighted by Crippen LogP contribution is -2.55. The average Bonchev–Trinajstić information content (AvgIpc) is 3.00. The number of hydrogen-bond acceptors (Lipinski definition) is 6. The highest BCUT2D eigenvalue weighted by atomic mass is 16.5. The number of benzene rings is 1. The Balaban J connectivity index is 1.82. The maximum atomic E-state index is 13.0. The molecule has 1 saturated heterocycles. The summed E-state index contributed by atoms with van der Waals surface area (Å²) in [6.07, 6.45) is -0.139. The number of hydrogen-bond donors (Lipinski definition) is 0. The lowest BCUT2D eigenvalue weighted by Gasteiger charge is -2.42. The summed E-state index contributed by atoms with van der Waals surface area (Å²) in [5.74, 6) is 0.853. The molecule has 25 heavy (non-hydrogen) atoms. The van der Waals surface area contributed by atoms with Gasteiger partial charge >= 0.3 is 0 Å². The van der Waals surface area contributed by atoms with E-state index >= 15 is 0 Å². The third-order valence-corrected chi connectivity index (χ3v) is 4.00. The number of ether oxygens (including phenoxy) is 2. The van der Waals surface area contributed by atoms with Crippen molar-refractivity contribution in [2.75, 3.05) is 26.8 Å². The van der Waals surface area contributed by atoms with Crippen LogP contribution in [0.1, 0.15) is 30.1 Å². The van der Waals surface area contributed by atoms with Gasteiger partial charge < -0.3 is 18.8 Å². The molecule has 1 atom stereocenters. The standard InChI is InChI=1S/C18H23N3O4/c1-12-19-20-16(24-12)13-6-5-7-14(8-13)17(22)21-9-15(10-23-4)25-18(2,3)11-21/h5-8,15H,9-11H2,1-4H3. The first-order valence-electron chi connectivity index (χ1n) is 8.24. The molecule has 2 aromatic rings. The van der Waals surface area contributed by atoms with Crippen molar-refractivity contribution in [2.24, 2.45) is 0 Å². The van der Waals surface area contributed by atoms with Crippen LogP contribution in [0.25, 0.3) is 11.5 Å². The van der Waals surface area contributed by atoms with Gasteiger partial charge in [0.2, 0.25) is 11.8 Å². The number of rotatable bonds is 4. The first-order chi connectivity index (χ1) is 11.9. The summed E-state index contributed by atoms with van der Waals surface area (Å²) in [4.78, 5) is 14.8. The summed E-state index contributed by atoms with van der Waals surface area (Å²) < 4.78 is 16.6. The van der Waals surface area contributed by atoms with Crippen LogP contribution >= 0.6 is 0 Å². The number of nitrogens with zero attached hydrogens (tertiary/aromatic N) is 3. The summed E-state index contributed by atoms with van der Waals surface area (Å²) in [6.45, 7) is 7.17. The molecule has 7 heteroatoms. The van der Waals surface area contributed by atoms with Crippen LogP contribution in [-0.4, -0.2) is 59.5 Å². The second-order valence-corrected chi connectivity index (χ2v) is 6.85. The average molecular weight is 345 g/mol. The maximum absolute atomic E-state index is 13.0. The maximum Gasteiger partial charge on any atom is 0.254 e. The van der Waals surface area contributed by atoms with Gasteiger partial charge in [-0.3, -0.25) is 4.79 Å². The molecule has 0 bridgehead atoms. The number of carbonyl (C=O) groups is 1. The molecule has 1 aliphatic heterocycles. The van der Waals surface area contributed by atoms with Crippen LogP contribution in [0.4, 0.5) is 0 Å². The lowest BCUT2D eigenvalue weighted by atomic mass is 10.0. The first kappa shape index (κ1) is 17.6. The number of methoxy groups -OCH3 is 1. The number of carbonyl (C=O) groups excluding carboxylic acids is 1. The summed E-state index contributed by atoms with van der Waals surface area (Å²) >= 11 is 0. The fraction of sp³-hybridized carbons (Fsp3) is 0.500. The second-order valence-electron chi connectivity index (χ2n) is 6.85. The topological polar surface area (TPSA) is 77.7 Å². The third-order valence-electron chi connectivity index (χ3n) is 4.00. The van der Waals surface area contributed by atoms with E-state index in [1.54, 1.807) is 26.2 Å². The van der Waals surface area contributed by atoms with Gasteiger partial charge in [0, 0.05) is 38.2 Å². The van der Waals surface area contributed by atoms with Crippen LogP contribution in [0, 0.1) is 6.92 Å². The second kappa shape index (κ2) is 6.93. The molecule has 1 unspecified atom stereocenters. The fourth-order valence-electron chi connectivity index (χ4n) is 3.10. The Hall–Kier alpha value is -2.25. The monoisotopic (exact) mass is 345 g/mol. The van der Waals surface area contributed by atoms with Crippen molar-refractivity contribution < 1.29 is 18.7 Å². The van der Waals surface area contributed by atoms with E-state index in [0.29, 0.717) is 37.0 Å². The van der Waals surface area contributed by atoms with Gasteiger partial charge in [-0.15, -0.1) is 10.2 Å². The molecule has 0 radical (unpaired) electrons. The Morgan fingerprint density at radius 2 is 2.20 bits per heavy atom. The summed E-state index contributed by atoms with van der Waals surface area (Å²) in [6, 6.07) is 7.24. The molecule has 1 amide bonds. The largest absolute Gasteiger partial charge is 0.421 e. The SMILES string of the molecule is COCC1CN(C(=O)c2cccc(-c3nnc(C)o3)c2)CC(C)(C)O1. The Kier molecular flexibility index (Phi) is 4.87. The van der Waals surface area contributed by atoms with Gasteiger partial charge in [0.25, 0.3) is 5.91 Å². The highest BCUT2D eigenvalue weighted by molar-refractivity contribution is 5.95. The molecule has 1 aromatic carbocycles. The van der Waals surface area contributed by atoms with Crippen molar-refractivity contribution in [1.82, 2.24) is 15.1 Å². The number of morpholine rings is 1. The van der Waals surface area contributed by atoms with Crippen LogP contribution in [0.3, 0.4) is 0 Å². The molecule has 0 spiro atoms. The van der Waals surface area contributed by atoms with E-state index in [1.807, 2.05) is 30.9 Å². The zero-order valence-corrected chi connectivity index (χ0v) is 15.0. The molecule has 134 valence electrons. The van der Waals surface area contributed by atoms with Crippen LogP contribution in [0.15, 0.2) is 28.7 Å². The van der Waals surface area contributed by atoms with Crippen LogP contribution in [-0.2, 0) is 9.47 Å². The van der Waals surface area contributed by atoms with E-state index in [1.165, 1.54) is 0 Å². The molecule has 7 nitrogen and oxygen atoms in total. The van der Waals surface area contributed by atoms with Crippen molar-refractivity contribution in [3.63, 3.8) is 0 Å². The highest BCUT2D eigenvalue weighted by Crippen LogP contribution is 2.24. The van der Waals surface area contributed by atoms with Crippen molar-refractivity contribution in [3.05, 3.63) is 35.7 Å². The number of aryl methyl sites for hydroxylation is 1. The van der Waals surface area contributed by atoms with E-state index in [9.17, 15) is 4.79 Å². The molecule has 3 rings (SSSR count). The Morgan fingerprint density at radius 3 is 2.88 bits per heavy atom. The molecule has 2 heterocycles. The van der Waals surface area contributed by atoms with Gasteiger partial charge in [-0.2, -0.15) is 0 Å². The van der Waals surface area contributed by atoms with Crippen molar-refractivity contribution in [3.8, 4) is 11.5 Å². The summed E-state index contributed by atoms with van der Waals surface area (Å²) in [5, 5.41) is 7.84. The zero-order chi connectivity index (χ0) is 18.0. The van der Waals surface area contributed by atoms with Crippen molar-refractivity contribution in [1.29, 1.82) is 0 Å².